The summed E-state index contributed by atoms with van der Waals surface area (Å²) in [6, 6.07) is 15.0. The maximum atomic E-state index is 12.1. The van der Waals surface area contributed by atoms with Gasteiger partial charge in [0.25, 0.3) is 0 Å². The van der Waals surface area contributed by atoms with Crippen molar-refractivity contribution in [3.63, 3.8) is 0 Å². The van der Waals surface area contributed by atoms with Gasteiger partial charge in [-0.3, -0.25) is 0 Å². The molecule has 0 bridgehead atoms. The SMILES string of the molecule is C#CCOc1ccc(/C=C2N=C(/C=C/c3ccccc3)OC/2=O)cc1OCC. The zero-order valence-corrected chi connectivity index (χ0v) is 15.4. The summed E-state index contributed by atoms with van der Waals surface area (Å²) in [4.78, 5) is 16.3. The van der Waals surface area contributed by atoms with Crippen LogP contribution in [0.2, 0.25) is 0 Å². The molecule has 0 fully saturated rings. The van der Waals surface area contributed by atoms with E-state index in [1.807, 2.05) is 43.3 Å². The standard InChI is InChI=1S/C23H19NO4/c1-3-14-27-20-12-10-18(16-21(20)26-4-2)15-19-23(25)28-22(24-19)13-11-17-8-6-5-7-9-17/h1,5-13,15-16H,4,14H2,2H3/b13-11+,19-15+. The molecule has 0 unspecified atom stereocenters. The number of aliphatic imine (C=N–C) groups is 1. The van der Waals surface area contributed by atoms with Crippen LogP contribution in [0.1, 0.15) is 18.1 Å². The van der Waals surface area contributed by atoms with E-state index in [1.54, 1.807) is 30.4 Å². The second-order valence-electron chi connectivity index (χ2n) is 5.75. The van der Waals surface area contributed by atoms with E-state index in [0.717, 1.165) is 11.1 Å². The first-order valence-electron chi connectivity index (χ1n) is 8.78. The Morgan fingerprint density at radius 3 is 2.64 bits per heavy atom. The number of hydrogen-bond acceptors (Lipinski definition) is 5. The van der Waals surface area contributed by atoms with Crippen LogP contribution < -0.4 is 9.47 Å². The van der Waals surface area contributed by atoms with Crippen molar-refractivity contribution >= 4 is 24.0 Å². The molecule has 0 radical (unpaired) electrons. The zero-order valence-electron chi connectivity index (χ0n) is 15.4. The number of ether oxygens (including phenoxy) is 3. The summed E-state index contributed by atoms with van der Waals surface area (Å²) < 4.78 is 16.3. The number of esters is 1. The molecule has 0 atom stereocenters. The van der Waals surface area contributed by atoms with Crippen molar-refractivity contribution in [2.24, 2.45) is 4.99 Å². The number of nitrogens with zero attached hydrogens (tertiary/aromatic N) is 1. The molecule has 0 aromatic heterocycles. The van der Waals surface area contributed by atoms with E-state index in [-0.39, 0.29) is 18.2 Å². The Labute approximate surface area is 164 Å². The van der Waals surface area contributed by atoms with Gasteiger partial charge in [0.2, 0.25) is 5.90 Å². The number of benzene rings is 2. The first-order valence-corrected chi connectivity index (χ1v) is 8.78. The van der Waals surface area contributed by atoms with Gasteiger partial charge in [-0.2, -0.15) is 0 Å². The van der Waals surface area contributed by atoms with E-state index in [9.17, 15) is 4.79 Å². The van der Waals surface area contributed by atoms with Crippen LogP contribution in [0.4, 0.5) is 0 Å². The Kier molecular flexibility index (Phi) is 6.27. The van der Waals surface area contributed by atoms with Gasteiger partial charge in [-0.05, 0) is 42.3 Å². The molecular formula is C23H19NO4. The summed E-state index contributed by atoms with van der Waals surface area (Å²) in [5.74, 6) is 3.26. The number of rotatable bonds is 7. The lowest BCUT2D eigenvalue weighted by Gasteiger charge is -2.10. The summed E-state index contributed by atoms with van der Waals surface area (Å²) in [7, 11) is 0. The predicted octanol–water partition coefficient (Wildman–Crippen LogP) is 4.11. The zero-order chi connectivity index (χ0) is 19.8. The summed E-state index contributed by atoms with van der Waals surface area (Å²) in [6.07, 6.45) is 10.4. The minimum atomic E-state index is -0.502. The number of carbonyl (C=O) groups excluding carboxylic acids is 1. The molecular weight excluding hydrogens is 354 g/mol. The quantitative estimate of drug-likeness (QED) is 0.416. The lowest BCUT2D eigenvalue weighted by molar-refractivity contribution is -0.129. The molecule has 1 heterocycles. The first kappa shape index (κ1) is 19.0. The van der Waals surface area contributed by atoms with Crippen LogP contribution in [0.15, 0.2) is 65.3 Å². The Hall–Kier alpha value is -3.78. The molecule has 0 aliphatic carbocycles. The lowest BCUT2D eigenvalue weighted by atomic mass is 10.1. The van der Waals surface area contributed by atoms with Crippen molar-refractivity contribution in [3.05, 3.63) is 71.4 Å². The van der Waals surface area contributed by atoms with Crippen LogP contribution in [0.3, 0.4) is 0 Å². The Morgan fingerprint density at radius 1 is 1.07 bits per heavy atom. The molecule has 0 amide bonds. The fraction of sp³-hybridized carbons (Fsp3) is 0.130. The van der Waals surface area contributed by atoms with E-state index < -0.39 is 5.97 Å². The Bertz CT molecular complexity index is 981. The Morgan fingerprint density at radius 2 is 1.89 bits per heavy atom. The van der Waals surface area contributed by atoms with Gasteiger partial charge in [0.05, 0.1) is 6.61 Å². The third-order valence-electron chi connectivity index (χ3n) is 3.74. The molecule has 0 saturated carbocycles. The Balaban J connectivity index is 1.81. The normalized spacial score (nSPS) is 14.6. The van der Waals surface area contributed by atoms with Crippen molar-refractivity contribution in [2.45, 2.75) is 6.92 Å². The van der Waals surface area contributed by atoms with Crippen LogP contribution in [0, 0.1) is 12.3 Å². The highest BCUT2D eigenvalue weighted by molar-refractivity contribution is 6.11. The van der Waals surface area contributed by atoms with Crippen LogP contribution in [0.25, 0.3) is 12.2 Å². The van der Waals surface area contributed by atoms with Gasteiger partial charge in [0, 0.05) is 6.08 Å². The molecule has 1 aliphatic rings. The van der Waals surface area contributed by atoms with E-state index in [4.69, 9.17) is 20.6 Å². The number of hydrogen-bond donors (Lipinski definition) is 0. The molecule has 2 aromatic carbocycles. The van der Waals surface area contributed by atoms with Crippen LogP contribution in [-0.4, -0.2) is 25.1 Å². The van der Waals surface area contributed by atoms with Crippen LogP contribution in [-0.2, 0) is 9.53 Å². The van der Waals surface area contributed by atoms with Gasteiger partial charge in [-0.25, -0.2) is 9.79 Å². The molecule has 3 rings (SSSR count). The van der Waals surface area contributed by atoms with Crippen molar-refractivity contribution < 1.29 is 19.0 Å². The molecule has 0 saturated heterocycles. The van der Waals surface area contributed by atoms with Gasteiger partial charge in [0.1, 0.15) is 6.61 Å². The van der Waals surface area contributed by atoms with Crippen LogP contribution >= 0.6 is 0 Å². The smallest absolute Gasteiger partial charge is 0.363 e. The maximum absolute atomic E-state index is 12.1. The van der Waals surface area contributed by atoms with Gasteiger partial charge >= 0.3 is 5.97 Å². The number of cyclic esters (lactones) is 1. The molecule has 5 heteroatoms. The highest BCUT2D eigenvalue weighted by atomic mass is 16.6. The fourth-order valence-corrected chi connectivity index (χ4v) is 2.51. The van der Waals surface area contributed by atoms with Crippen LogP contribution in [0.5, 0.6) is 11.5 Å². The summed E-state index contributed by atoms with van der Waals surface area (Å²) in [6.45, 7) is 2.50. The predicted molar refractivity (Wildman–Crippen MR) is 109 cm³/mol. The minimum Gasteiger partial charge on any atom is -0.490 e. The second-order valence-corrected chi connectivity index (χ2v) is 5.75. The van der Waals surface area contributed by atoms with Crippen molar-refractivity contribution in [3.8, 4) is 23.8 Å². The number of terminal acetylenes is 1. The average molecular weight is 373 g/mol. The van der Waals surface area contributed by atoms with Crippen molar-refractivity contribution in [1.82, 2.24) is 0 Å². The largest absolute Gasteiger partial charge is 0.490 e. The summed E-state index contributed by atoms with van der Waals surface area (Å²) >= 11 is 0. The number of carbonyl (C=O) groups is 1. The van der Waals surface area contributed by atoms with Gasteiger partial charge < -0.3 is 14.2 Å². The monoisotopic (exact) mass is 373 g/mol. The van der Waals surface area contributed by atoms with Gasteiger partial charge in [0.15, 0.2) is 17.2 Å². The lowest BCUT2D eigenvalue weighted by Crippen LogP contribution is -2.01. The summed E-state index contributed by atoms with van der Waals surface area (Å²) in [5.41, 5.74) is 1.94. The van der Waals surface area contributed by atoms with Gasteiger partial charge in [-0.1, -0.05) is 42.3 Å². The second kappa shape index (κ2) is 9.24. The highest BCUT2D eigenvalue weighted by Gasteiger charge is 2.21. The molecule has 140 valence electrons. The van der Waals surface area contributed by atoms with Crippen molar-refractivity contribution in [2.75, 3.05) is 13.2 Å². The van der Waals surface area contributed by atoms with Gasteiger partial charge in [-0.15, -0.1) is 6.42 Å². The molecule has 0 spiro atoms. The minimum absolute atomic E-state index is 0.147. The third-order valence-corrected chi connectivity index (χ3v) is 3.74. The third kappa shape index (κ3) is 4.89. The summed E-state index contributed by atoms with van der Waals surface area (Å²) in [5, 5.41) is 0. The fourth-order valence-electron chi connectivity index (χ4n) is 2.51. The maximum Gasteiger partial charge on any atom is 0.363 e. The van der Waals surface area contributed by atoms with E-state index in [1.165, 1.54) is 0 Å². The molecule has 2 aromatic rings. The molecule has 1 aliphatic heterocycles. The highest BCUT2D eigenvalue weighted by Crippen LogP contribution is 2.30. The molecule has 0 N–H and O–H groups in total. The van der Waals surface area contributed by atoms with E-state index >= 15 is 0 Å². The van der Waals surface area contributed by atoms with E-state index in [0.29, 0.717) is 18.1 Å². The first-order chi connectivity index (χ1) is 13.7. The molecule has 5 nitrogen and oxygen atoms in total. The topological polar surface area (TPSA) is 57.1 Å². The average Bonchev–Trinajstić information content (AvgIpc) is 3.06. The van der Waals surface area contributed by atoms with E-state index in [2.05, 4.69) is 10.9 Å². The van der Waals surface area contributed by atoms with Crippen molar-refractivity contribution in [1.29, 1.82) is 0 Å². The molecule has 28 heavy (non-hydrogen) atoms.